The molecule has 1 heterocycles. The van der Waals surface area contributed by atoms with Crippen LogP contribution in [0.5, 0.6) is 0 Å². The molecule has 1 fully saturated rings. The number of rotatable bonds is 9. The molecule has 0 bridgehead atoms. The smallest absolute Gasteiger partial charge is 0.549 e. The maximum atomic E-state index is 10.5. The van der Waals surface area contributed by atoms with Crippen LogP contribution in [0.4, 0.5) is 0 Å². The molecule has 4 N–H and O–H groups in total. The van der Waals surface area contributed by atoms with E-state index in [1.807, 2.05) is 0 Å². The second-order valence-electron chi connectivity index (χ2n) is 5.30. The summed E-state index contributed by atoms with van der Waals surface area (Å²) in [6, 6.07) is 0. The monoisotopic (exact) mass is 382 g/mol. The van der Waals surface area contributed by atoms with Crippen molar-refractivity contribution in [3.05, 3.63) is 0 Å². The van der Waals surface area contributed by atoms with Crippen molar-refractivity contribution < 1.29 is 109 Å². The Labute approximate surface area is 188 Å². The summed E-state index contributed by atoms with van der Waals surface area (Å²) in [7, 11) is 0. The predicted octanol–water partition coefficient (Wildman–Crippen LogP) is -10.9. The Hall–Kier alpha value is 0.700. The van der Waals surface area contributed by atoms with Gasteiger partial charge in [0.15, 0.2) is 6.29 Å². The number of carboxylic acid groups (broad SMARTS) is 2. The first-order valence-electron chi connectivity index (χ1n) is 7.13. The van der Waals surface area contributed by atoms with Crippen molar-refractivity contribution in [1.29, 1.82) is 0 Å². The van der Waals surface area contributed by atoms with Crippen LogP contribution in [-0.4, -0.2) is 76.3 Å². The zero-order chi connectivity index (χ0) is 17.6. The van der Waals surface area contributed by atoms with Gasteiger partial charge in [0.2, 0.25) is 0 Å². The van der Waals surface area contributed by atoms with Gasteiger partial charge in [-0.05, 0) is 12.8 Å². The number of carbonyl (C=O) groups excluding carboxylic acids is 2. The number of hydrogen-bond donors (Lipinski definition) is 4. The molecule has 0 aromatic rings. The van der Waals surface area contributed by atoms with E-state index >= 15 is 0 Å². The maximum absolute atomic E-state index is 10.5. The Kier molecular flexibility index (Phi) is 15.4. The first-order valence-corrected chi connectivity index (χ1v) is 7.13. The third kappa shape index (κ3) is 8.96. The first kappa shape index (κ1) is 27.9. The van der Waals surface area contributed by atoms with Crippen LogP contribution >= 0.6 is 0 Å². The topological polar surface area (TPSA) is 180 Å². The zero-order valence-corrected chi connectivity index (χ0v) is 18.2. The van der Waals surface area contributed by atoms with E-state index in [1.54, 1.807) is 0 Å². The molecule has 0 aliphatic carbocycles. The number of aliphatic hydroxyl groups is 4. The summed E-state index contributed by atoms with van der Waals surface area (Å²) in [6.07, 6.45) is -6.88. The van der Waals surface area contributed by atoms with Crippen LogP contribution in [0.25, 0.3) is 0 Å². The minimum absolute atomic E-state index is 0. The van der Waals surface area contributed by atoms with Gasteiger partial charge >= 0.3 is 59.1 Å². The van der Waals surface area contributed by atoms with Crippen molar-refractivity contribution in [3.63, 3.8) is 0 Å². The van der Waals surface area contributed by atoms with Crippen LogP contribution in [0, 0.1) is 5.92 Å². The van der Waals surface area contributed by atoms with Crippen molar-refractivity contribution in [2.75, 3.05) is 13.2 Å². The molecule has 1 aliphatic heterocycles. The largest absolute Gasteiger partial charge is 1.00 e. The van der Waals surface area contributed by atoms with Gasteiger partial charge in [0.05, 0.1) is 18.5 Å². The zero-order valence-electron chi connectivity index (χ0n) is 14.2. The van der Waals surface area contributed by atoms with Crippen LogP contribution in [0.1, 0.15) is 19.3 Å². The number of carbonyl (C=O) groups is 2. The number of aliphatic hydroxyl groups excluding tert-OH is 4. The number of ether oxygens (including phenoxy) is 2. The average Bonchev–Trinajstić information content (AvgIpc) is 2.48. The van der Waals surface area contributed by atoms with E-state index in [0.717, 1.165) is 0 Å². The van der Waals surface area contributed by atoms with Gasteiger partial charge in [0.25, 0.3) is 0 Å². The molecular weight excluding hydrogens is 362 g/mol. The third-order valence-electron chi connectivity index (χ3n) is 3.57. The standard InChI is InChI=1S/C13H22O10.2Na/c14-8-7(23-13(21)10(16)9(8)15)5-22-4-2-1-3-6(11(17)18)12(19)20;;/h6-10,13-16,21H,1-5H2,(H,17,18)(H,19,20);;/q;2*+1/p-2. The molecule has 0 saturated carbocycles. The Bertz CT molecular complexity index is 396. The van der Waals surface area contributed by atoms with E-state index in [2.05, 4.69) is 0 Å². The van der Waals surface area contributed by atoms with E-state index in [4.69, 9.17) is 9.47 Å². The molecule has 0 spiro atoms. The number of carboxylic acids is 2. The molecule has 1 rings (SSSR count). The molecule has 12 heteroatoms. The molecule has 25 heavy (non-hydrogen) atoms. The van der Waals surface area contributed by atoms with Gasteiger partial charge in [-0.25, -0.2) is 0 Å². The third-order valence-corrected chi connectivity index (χ3v) is 3.57. The first-order chi connectivity index (χ1) is 10.8. The summed E-state index contributed by atoms with van der Waals surface area (Å²) in [6.45, 7) is -0.0550. The Morgan fingerprint density at radius 2 is 1.52 bits per heavy atom. The van der Waals surface area contributed by atoms with E-state index in [0.29, 0.717) is 6.42 Å². The fourth-order valence-corrected chi connectivity index (χ4v) is 2.15. The molecule has 5 atom stereocenters. The second-order valence-corrected chi connectivity index (χ2v) is 5.30. The summed E-state index contributed by atoms with van der Waals surface area (Å²) >= 11 is 0. The van der Waals surface area contributed by atoms with Crippen molar-refractivity contribution in [3.8, 4) is 0 Å². The van der Waals surface area contributed by atoms with Crippen LogP contribution in [0.3, 0.4) is 0 Å². The normalized spacial score (nSPS) is 28.8. The Morgan fingerprint density at radius 1 is 0.960 bits per heavy atom. The van der Waals surface area contributed by atoms with Crippen molar-refractivity contribution in [2.45, 2.75) is 50.0 Å². The Balaban J connectivity index is 0. The predicted molar refractivity (Wildman–Crippen MR) is 67.1 cm³/mol. The molecule has 1 saturated heterocycles. The van der Waals surface area contributed by atoms with Crippen molar-refractivity contribution in [1.82, 2.24) is 0 Å². The van der Waals surface area contributed by atoms with Crippen LogP contribution < -0.4 is 69.3 Å². The second kappa shape index (κ2) is 13.8. The average molecular weight is 382 g/mol. The summed E-state index contributed by atoms with van der Waals surface area (Å²) in [4.78, 5) is 21.0. The van der Waals surface area contributed by atoms with E-state index in [1.165, 1.54) is 0 Å². The maximum Gasteiger partial charge on any atom is 1.00 e. The van der Waals surface area contributed by atoms with Crippen molar-refractivity contribution >= 4 is 11.9 Å². The molecule has 5 unspecified atom stereocenters. The van der Waals surface area contributed by atoms with Gasteiger partial charge in [0.1, 0.15) is 24.4 Å². The molecule has 0 aromatic carbocycles. The quantitative estimate of drug-likeness (QED) is 0.170. The summed E-state index contributed by atoms with van der Waals surface area (Å²) in [5.41, 5.74) is 0. The van der Waals surface area contributed by atoms with Gasteiger partial charge in [0, 0.05) is 12.5 Å². The molecule has 0 radical (unpaired) electrons. The minimum atomic E-state index is -1.70. The summed E-state index contributed by atoms with van der Waals surface area (Å²) in [5, 5.41) is 58.8. The molecule has 1 aliphatic rings. The molecule has 10 nitrogen and oxygen atoms in total. The van der Waals surface area contributed by atoms with Crippen LogP contribution in [-0.2, 0) is 19.1 Å². The van der Waals surface area contributed by atoms with E-state index in [-0.39, 0.29) is 85.2 Å². The number of aliphatic carboxylic acids is 2. The SMILES string of the molecule is O=C([O-])C(CCCCOCC1OC(O)C(O)C(O)C1O)C(=O)[O-].[Na+].[Na+]. The van der Waals surface area contributed by atoms with Crippen LogP contribution in [0.15, 0.2) is 0 Å². The Morgan fingerprint density at radius 3 is 2.04 bits per heavy atom. The van der Waals surface area contributed by atoms with Gasteiger partial charge < -0.3 is 49.7 Å². The van der Waals surface area contributed by atoms with Gasteiger partial charge in [-0.1, -0.05) is 6.42 Å². The van der Waals surface area contributed by atoms with E-state index < -0.39 is 48.6 Å². The number of hydrogen-bond acceptors (Lipinski definition) is 10. The van der Waals surface area contributed by atoms with E-state index in [9.17, 15) is 40.2 Å². The summed E-state index contributed by atoms with van der Waals surface area (Å²) in [5.74, 6) is -5.08. The van der Waals surface area contributed by atoms with Crippen molar-refractivity contribution in [2.24, 2.45) is 5.92 Å². The van der Waals surface area contributed by atoms with Crippen LogP contribution in [0.2, 0.25) is 0 Å². The molecule has 0 aromatic heterocycles. The fraction of sp³-hybridized carbons (Fsp3) is 0.846. The molecular formula is C13H20Na2O10. The molecule has 134 valence electrons. The van der Waals surface area contributed by atoms with Gasteiger partial charge in [-0.2, -0.15) is 0 Å². The number of unbranched alkanes of at least 4 members (excludes halogenated alkanes) is 1. The fourth-order valence-electron chi connectivity index (χ4n) is 2.15. The van der Waals surface area contributed by atoms with Gasteiger partial charge in [-0.15, -0.1) is 0 Å². The molecule has 0 amide bonds. The van der Waals surface area contributed by atoms with Gasteiger partial charge in [-0.3, -0.25) is 0 Å². The summed E-state index contributed by atoms with van der Waals surface area (Å²) < 4.78 is 10.1. The minimum Gasteiger partial charge on any atom is -0.549 e.